The second-order valence-electron chi connectivity index (χ2n) is 14.7. The molecule has 6 rings (SSSR count). The van der Waals surface area contributed by atoms with Gasteiger partial charge in [-0.1, -0.05) is 49.8 Å². The number of carbonyl (C=O) groups is 1. The minimum Gasteiger partial charge on any atom is -0.462 e. The Morgan fingerprint density at radius 3 is 2.62 bits per heavy atom. The molecule has 0 aliphatic heterocycles. The van der Waals surface area contributed by atoms with Crippen molar-refractivity contribution in [2.75, 3.05) is 27.7 Å². The molecule has 0 radical (unpaired) electrons. The van der Waals surface area contributed by atoms with Crippen molar-refractivity contribution >= 4 is 22.4 Å². The molecule has 6 nitrogen and oxygen atoms in total. The summed E-state index contributed by atoms with van der Waals surface area (Å²) in [5.41, 5.74) is 5.79. The largest absolute Gasteiger partial charge is 0.462 e. The van der Waals surface area contributed by atoms with Gasteiger partial charge >= 0.3 is 5.97 Å². The van der Waals surface area contributed by atoms with Crippen molar-refractivity contribution in [2.45, 2.75) is 77.4 Å². The number of fused-ring (bicyclic) bond motifs is 6. The van der Waals surface area contributed by atoms with Crippen molar-refractivity contribution in [2.24, 2.45) is 35.6 Å². The normalized spacial score (nSPS) is 34.4. The summed E-state index contributed by atoms with van der Waals surface area (Å²) in [7, 11) is 8.17. The molecular formula is C34H48N3O3+. The van der Waals surface area contributed by atoms with Crippen molar-refractivity contribution in [1.29, 1.82) is 0 Å². The van der Waals surface area contributed by atoms with Gasteiger partial charge in [-0.05, 0) is 78.7 Å². The molecule has 0 bridgehead atoms. The van der Waals surface area contributed by atoms with E-state index >= 15 is 0 Å². The van der Waals surface area contributed by atoms with Crippen LogP contribution in [-0.4, -0.2) is 65.2 Å². The highest BCUT2D eigenvalue weighted by molar-refractivity contribution is 5.92. The molecular weight excluding hydrogens is 498 g/mol. The van der Waals surface area contributed by atoms with Gasteiger partial charge in [0.1, 0.15) is 18.8 Å². The number of rotatable bonds is 6. The predicted molar refractivity (Wildman–Crippen MR) is 159 cm³/mol. The molecule has 6 heteroatoms. The summed E-state index contributed by atoms with van der Waals surface area (Å²) < 4.78 is 8.67. The predicted octanol–water partition coefficient (Wildman–Crippen LogP) is 5.90. The zero-order chi connectivity index (χ0) is 28.4. The van der Waals surface area contributed by atoms with E-state index in [0.29, 0.717) is 28.8 Å². The topological polar surface area (TPSA) is 64.4 Å². The van der Waals surface area contributed by atoms with E-state index in [-0.39, 0.29) is 29.3 Å². The Morgan fingerprint density at radius 2 is 1.85 bits per heavy atom. The SMILES string of the molecule is Cn1nc2ccccc2c1C1=CCC2C3CC=C4C[C@@H](OC(=O)CC(O)C[N+](C)(C)C)CC[C@]4(C)C3CC[C@]12C. The van der Waals surface area contributed by atoms with Gasteiger partial charge in [0.25, 0.3) is 0 Å². The van der Waals surface area contributed by atoms with Crippen molar-refractivity contribution in [3.8, 4) is 0 Å². The van der Waals surface area contributed by atoms with Crippen LogP contribution < -0.4 is 0 Å². The Morgan fingerprint density at radius 1 is 1.10 bits per heavy atom. The Balaban J connectivity index is 1.16. The van der Waals surface area contributed by atoms with Crippen LogP contribution in [0.25, 0.3) is 16.5 Å². The smallest absolute Gasteiger partial charge is 0.308 e. The summed E-state index contributed by atoms with van der Waals surface area (Å²) in [6.07, 6.45) is 12.0. The summed E-state index contributed by atoms with van der Waals surface area (Å²) in [6.45, 7) is 5.57. The van der Waals surface area contributed by atoms with E-state index in [1.54, 1.807) is 0 Å². The van der Waals surface area contributed by atoms with Crippen LogP contribution in [0, 0.1) is 28.6 Å². The highest BCUT2D eigenvalue weighted by atomic mass is 16.5. The molecule has 7 atom stereocenters. The highest BCUT2D eigenvalue weighted by Crippen LogP contribution is 2.66. The quantitative estimate of drug-likeness (QED) is 0.278. The molecule has 1 N–H and O–H groups in total. The van der Waals surface area contributed by atoms with Crippen LogP contribution in [0.4, 0.5) is 0 Å². The summed E-state index contributed by atoms with van der Waals surface area (Å²) >= 11 is 0. The van der Waals surface area contributed by atoms with Crippen LogP contribution in [0.1, 0.15) is 70.9 Å². The number of quaternary nitrogens is 1. The first kappa shape index (κ1) is 27.7. The maximum atomic E-state index is 12.6. The van der Waals surface area contributed by atoms with Crippen molar-refractivity contribution < 1.29 is 19.1 Å². The maximum Gasteiger partial charge on any atom is 0.308 e. The molecule has 4 unspecified atom stereocenters. The van der Waals surface area contributed by atoms with Gasteiger partial charge in [-0.2, -0.15) is 5.10 Å². The van der Waals surface area contributed by atoms with Gasteiger partial charge in [0, 0.05) is 18.9 Å². The maximum absolute atomic E-state index is 12.6. The van der Waals surface area contributed by atoms with E-state index in [1.807, 2.05) is 21.1 Å². The van der Waals surface area contributed by atoms with E-state index in [2.05, 4.69) is 62.0 Å². The van der Waals surface area contributed by atoms with Crippen LogP contribution in [0.5, 0.6) is 0 Å². The van der Waals surface area contributed by atoms with Gasteiger partial charge < -0.3 is 14.3 Å². The second kappa shape index (κ2) is 9.84. The van der Waals surface area contributed by atoms with Gasteiger partial charge in [0.05, 0.1) is 38.8 Å². The molecule has 1 aromatic heterocycles. The Kier molecular flexibility index (Phi) is 6.81. The average molecular weight is 547 g/mol. The Bertz CT molecular complexity index is 1370. The fourth-order valence-electron chi connectivity index (χ4n) is 9.25. The lowest BCUT2D eigenvalue weighted by Gasteiger charge is -2.57. The fraction of sp³-hybridized carbons (Fsp3) is 0.647. The van der Waals surface area contributed by atoms with E-state index < -0.39 is 6.10 Å². The number of likely N-dealkylation sites (N-methyl/N-ethyl adjacent to an activating group) is 1. The number of aliphatic hydroxyl groups is 1. The number of benzene rings is 1. The minimum absolute atomic E-state index is 0.0635. The number of allylic oxidation sites excluding steroid dienone is 3. The van der Waals surface area contributed by atoms with Gasteiger partial charge in [-0.25, -0.2) is 0 Å². The molecule has 2 saturated carbocycles. The highest BCUT2D eigenvalue weighted by Gasteiger charge is 2.57. The van der Waals surface area contributed by atoms with Crippen LogP contribution in [0.2, 0.25) is 0 Å². The third kappa shape index (κ3) is 4.65. The standard InChI is InChI=1S/C34H48N3O3/c1-33-17-15-24(40-31(39)20-23(38)21-37(4,5)6)19-22(33)11-12-25-27-13-14-29(34(27,2)18-16-28(25)33)32-26-9-7-8-10-30(26)35-36(32)3/h7-11,14,23-25,27-28,38H,12-13,15-21H2,1-6H3/q+1/t23?,24-,25?,27?,28?,33-,34-/m0/s1. The zero-order valence-corrected chi connectivity index (χ0v) is 25.3. The molecule has 4 aliphatic rings. The first-order valence-electron chi connectivity index (χ1n) is 15.4. The number of hydrogen-bond donors (Lipinski definition) is 1. The average Bonchev–Trinajstić information content (AvgIpc) is 3.38. The van der Waals surface area contributed by atoms with Gasteiger partial charge in [-0.3, -0.25) is 9.48 Å². The second-order valence-corrected chi connectivity index (χ2v) is 14.7. The number of ether oxygens (including phenoxy) is 1. The molecule has 40 heavy (non-hydrogen) atoms. The first-order valence-corrected chi connectivity index (χ1v) is 15.4. The minimum atomic E-state index is -0.665. The third-order valence-corrected chi connectivity index (χ3v) is 11.1. The fourth-order valence-corrected chi connectivity index (χ4v) is 9.25. The lowest BCUT2D eigenvalue weighted by molar-refractivity contribution is -0.873. The summed E-state index contributed by atoms with van der Waals surface area (Å²) in [4.78, 5) is 12.6. The molecule has 0 spiro atoms. The van der Waals surface area contributed by atoms with Crippen molar-refractivity contribution in [3.05, 3.63) is 47.7 Å². The van der Waals surface area contributed by atoms with E-state index in [9.17, 15) is 9.90 Å². The van der Waals surface area contributed by atoms with Gasteiger partial charge in [0.2, 0.25) is 0 Å². The summed E-state index contributed by atoms with van der Waals surface area (Å²) in [6, 6.07) is 8.57. The number of hydrogen-bond acceptors (Lipinski definition) is 4. The lowest BCUT2D eigenvalue weighted by Crippen LogP contribution is -2.50. The number of aromatic nitrogens is 2. The van der Waals surface area contributed by atoms with Crippen molar-refractivity contribution in [1.82, 2.24) is 9.78 Å². The number of carbonyl (C=O) groups excluding carboxylic acids is 1. The molecule has 216 valence electrons. The van der Waals surface area contributed by atoms with Gasteiger partial charge in [0.15, 0.2) is 0 Å². The van der Waals surface area contributed by atoms with Crippen LogP contribution in [0.15, 0.2) is 42.0 Å². The Hall–Kier alpha value is -2.44. The van der Waals surface area contributed by atoms with E-state index in [4.69, 9.17) is 9.84 Å². The van der Waals surface area contributed by atoms with E-state index in [1.165, 1.54) is 35.1 Å². The molecule has 2 fully saturated rings. The number of aliphatic hydroxyl groups excluding tert-OH is 1. The van der Waals surface area contributed by atoms with Crippen molar-refractivity contribution in [3.63, 3.8) is 0 Å². The summed E-state index contributed by atoms with van der Waals surface area (Å²) in [5.74, 6) is 1.77. The van der Waals surface area contributed by atoms with Crippen LogP contribution in [0.3, 0.4) is 0 Å². The molecule has 4 aliphatic carbocycles. The molecule has 0 amide bonds. The molecule has 0 saturated heterocycles. The molecule has 1 heterocycles. The van der Waals surface area contributed by atoms with E-state index in [0.717, 1.165) is 37.6 Å². The third-order valence-electron chi connectivity index (χ3n) is 11.1. The number of nitrogens with zero attached hydrogens (tertiary/aromatic N) is 3. The zero-order valence-electron chi connectivity index (χ0n) is 25.3. The van der Waals surface area contributed by atoms with Gasteiger partial charge in [-0.15, -0.1) is 0 Å². The van der Waals surface area contributed by atoms with Crippen LogP contribution in [-0.2, 0) is 16.6 Å². The molecule has 1 aromatic carbocycles. The van der Waals surface area contributed by atoms with Crippen LogP contribution >= 0.6 is 0 Å². The molecule has 2 aromatic rings. The summed E-state index contributed by atoms with van der Waals surface area (Å²) in [5, 5.41) is 16.5. The monoisotopic (exact) mass is 546 g/mol. The number of esters is 1. The first-order chi connectivity index (χ1) is 18.9. The Labute approximate surface area is 239 Å². The number of aryl methyl sites for hydroxylation is 1. The lowest BCUT2D eigenvalue weighted by atomic mass is 9.47.